The van der Waals surface area contributed by atoms with E-state index in [1.54, 1.807) is 25.3 Å². The molecule has 2 aromatic carbocycles. The molecule has 0 aliphatic rings. The minimum absolute atomic E-state index is 0.0638. The maximum absolute atomic E-state index is 12.1. The number of ether oxygens (including phenoxy) is 1. The van der Waals surface area contributed by atoms with Crippen LogP contribution in [-0.2, 0) is 12.0 Å². The second kappa shape index (κ2) is 7.98. The van der Waals surface area contributed by atoms with Gasteiger partial charge in [0.05, 0.1) is 17.2 Å². The van der Waals surface area contributed by atoms with Crippen molar-refractivity contribution < 1.29 is 9.53 Å². The molecule has 2 N–H and O–H groups in total. The average Bonchev–Trinajstić information content (AvgIpc) is 2.55. The Labute approximate surface area is 158 Å². The van der Waals surface area contributed by atoms with E-state index in [-0.39, 0.29) is 11.4 Å². The highest BCUT2D eigenvalue weighted by Gasteiger charge is 2.19. The van der Waals surface area contributed by atoms with Gasteiger partial charge in [-0.15, -0.1) is 0 Å². The van der Waals surface area contributed by atoms with Gasteiger partial charge >= 0.3 is 6.03 Å². The summed E-state index contributed by atoms with van der Waals surface area (Å²) in [5.74, 6) is 0.800. The van der Waals surface area contributed by atoms with Crippen molar-refractivity contribution in [2.75, 3.05) is 12.4 Å². The molecule has 0 fully saturated rings. The number of rotatable bonds is 4. The van der Waals surface area contributed by atoms with Crippen LogP contribution in [0.5, 0.6) is 5.75 Å². The van der Waals surface area contributed by atoms with Crippen molar-refractivity contribution in [3.05, 3.63) is 57.6 Å². The summed E-state index contributed by atoms with van der Waals surface area (Å²) in [6, 6.07) is 10.5. The smallest absolute Gasteiger partial charge is 0.319 e. The Bertz CT molecular complexity index is 771. The first-order chi connectivity index (χ1) is 11.7. The Balaban J connectivity index is 2.07. The summed E-state index contributed by atoms with van der Waals surface area (Å²) in [7, 11) is 1.64. The fraction of sp³-hybridized carbons (Fsp3) is 0.316. The van der Waals surface area contributed by atoms with Crippen LogP contribution in [-0.4, -0.2) is 13.1 Å². The zero-order valence-electron chi connectivity index (χ0n) is 14.7. The number of amides is 2. The Hall–Kier alpha value is -1.91. The van der Waals surface area contributed by atoms with Gasteiger partial charge in [-0.3, -0.25) is 0 Å². The van der Waals surface area contributed by atoms with E-state index < -0.39 is 0 Å². The Morgan fingerprint density at radius 3 is 2.40 bits per heavy atom. The predicted molar refractivity (Wildman–Crippen MR) is 104 cm³/mol. The fourth-order valence-electron chi connectivity index (χ4n) is 2.46. The number of carbonyl (C=O) groups excluding carboxylic acids is 1. The molecule has 0 bridgehead atoms. The largest absolute Gasteiger partial charge is 0.497 e. The SMILES string of the molecule is COc1ccc(CNC(=O)Nc2ccc(Cl)c(Cl)c2)c(C(C)(C)C)c1. The van der Waals surface area contributed by atoms with Crippen LogP contribution in [0.25, 0.3) is 0 Å². The lowest BCUT2D eigenvalue weighted by Crippen LogP contribution is -2.29. The normalized spacial score (nSPS) is 11.1. The molecule has 0 atom stereocenters. The molecular weight excluding hydrogens is 359 g/mol. The Morgan fingerprint density at radius 1 is 1.08 bits per heavy atom. The first kappa shape index (κ1) is 19.4. The number of methoxy groups -OCH3 is 1. The van der Waals surface area contributed by atoms with Gasteiger partial charge < -0.3 is 15.4 Å². The monoisotopic (exact) mass is 380 g/mol. The number of benzene rings is 2. The second-order valence-electron chi connectivity index (χ2n) is 6.71. The van der Waals surface area contributed by atoms with Crippen LogP contribution < -0.4 is 15.4 Å². The van der Waals surface area contributed by atoms with Crippen LogP contribution in [0.2, 0.25) is 10.0 Å². The molecule has 0 heterocycles. The van der Waals surface area contributed by atoms with E-state index >= 15 is 0 Å². The first-order valence-electron chi connectivity index (χ1n) is 7.88. The van der Waals surface area contributed by atoms with Crippen LogP contribution in [0, 0.1) is 0 Å². The molecule has 2 rings (SSSR count). The molecule has 0 saturated carbocycles. The third kappa shape index (κ3) is 5.28. The molecule has 0 aliphatic heterocycles. The maximum atomic E-state index is 12.1. The van der Waals surface area contributed by atoms with Gasteiger partial charge in [0.1, 0.15) is 5.75 Å². The highest BCUT2D eigenvalue weighted by Crippen LogP contribution is 2.29. The van der Waals surface area contributed by atoms with Crippen molar-refractivity contribution in [3.63, 3.8) is 0 Å². The van der Waals surface area contributed by atoms with Crippen LogP contribution in [0.3, 0.4) is 0 Å². The quantitative estimate of drug-likeness (QED) is 0.722. The van der Waals surface area contributed by atoms with Gasteiger partial charge in [-0.05, 0) is 46.9 Å². The third-order valence-corrected chi connectivity index (χ3v) is 4.48. The van der Waals surface area contributed by atoms with E-state index in [0.717, 1.165) is 16.9 Å². The number of carbonyl (C=O) groups is 1. The first-order valence-corrected chi connectivity index (χ1v) is 8.63. The molecule has 4 nitrogen and oxygen atoms in total. The highest BCUT2D eigenvalue weighted by molar-refractivity contribution is 6.42. The van der Waals surface area contributed by atoms with Crippen LogP contribution in [0.15, 0.2) is 36.4 Å². The van der Waals surface area contributed by atoms with E-state index in [1.165, 1.54) is 0 Å². The minimum atomic E-state index is -0.311. The lowest BCUT2D eigenvalue weighted by atomic mass is 9.83. The van der Waals surface area contributed by atoms with Gasteiger partial charge in [0.15, 0.2) is 0 Å². The minimum Gasteiger partial charge on any atom is -0.497 e. The topological polar surface area (TPSA) is 50.4 Å². The third-order valence-electron chi connectivity index (χ3n) is 3.74. The molecule has 6 heteroatoms. The van der Waals surface area contributed by atoms with Crippen molar-refractivity contribution in [2.45, 2.75) is 32.7 Å². The van der Waals surface area contributed by atoms with Gasteiger partial charge in [-0.2, -0.15) is 0 Å². The van der Waals surface area contributed by atoms with E-state index in [4.69, 9.17) is 27.9 Å². The highest BCUT2D eigenvalue weighted by atomic mass is 35.5. The lowest BCUT2D eigenvalue weighted by molar-refractivity contribution is 0.251. The lowest BCUT2D eigenvalue weighted by Gasteiger charge is -2.24. The maximum Gasteiger partial charge on any atom is 0.319 e. The summed E-state index contributed by atoms with van der Waals surface area (Å²) in [6.45, 7) is 6.78. The number of hydrogen-bond donors (Lipinski definition) is 2. The van der Waals surface area contributed by atoms with Crippen molar-refractivity contribution in [1.29, 1.82) is 0 Å². The van der Waals surface area contributed by atoms with Crippen LogP contribution >= 0.6 is 23.2 Å². The van der Waals surface area contributed by atoms with Gasteiger partial charge in [0.2, 0.25) is 0 Å². The number of nitrogens with one attached hydrogen (secondary N) is 2. The standard InChI is InChI=1S/C19H22Cl2N2O2/c1-19(2,3)15-10-14(25-4)7-5-12(15)11-22-18(24)23-13-6-8-16(20)17(21)9-13/h5-10H,11H2,1-4H3,(H2,22,23,24). The summed E-state index contributed by atoms with van der Waals surface area (Å²) in [5, 5.41) is 6.45. The van der Waals surface area contributed by atoms with Crippen molar-refractivity contribution in [2.24, 2.45) is 0 Å². The molecule has 0 spiro atoms. The molecular formula is C19H22Cl2N2O2. The number of urea groups is 1. The summed E-state index contributed by atoms with van der Waals surface area (Å²) in [6.07, 6.45) is 0. The zero-order valence-corrected chi connectivity index (χ0v) is 16.3. The number of halogens is 2. The van der Waals surface area contributed by atoms with Crippen LogP contribution in [0.4, 0.5) is 10.5 Å². The van der Waals surface area contributed by atoms with E-state index in [2.05, 4.69) is 31.4 Å². The van der Waals surface area contributed by atoms with E-state index in [9.17, 15) is 4.79 Å². The van der Waals surface area contributed by atoms with Gasteiger partial charge in [0, 0.05) is 12.2 Å². The Kier molecular flexibility index (Phi) is 6.20. The average molecular weight is 381 g/mol. The van der Waals surface area contributed by atoms with Gasteiger partial charge in [-0.25, -0.2) is 4.79 Å². The Morgan fingerprint density at radius 2 is 1.80 bits per heavy atom. The molecule has 2 amide bonds. The molecule has 134 valence electrons. The molecule has 0 radical (unpaired) electrons. The molecule has 0 aliphatic carbocycles. The molecule has 0 saturated heterocycles. The second-order valence-corrected chi connectivity index (χ2v) is 7.52. The molecule has 0 aromatic heterocycles. The predicted octanol–water partition coefficient (Wildman–Crippen LogP) is 5.62. The fourth-order valence-corrected chi connectivity index (χ4v) is 2.76. The van der Waals surface area contributed by atoms with Crippen molar-refractivity contribution in [3.8, 4) is 5.75 Å². The summed E-state index contributed by atoms with van der Waals surface area (Å²) < 4.78 is 5.31. The molecule has 2 aromatic rings. The van der Waals surface area contributed by atoms with Crippen molar-refractivity contribution >= 4 is 34.9 Å². The van der Waals surface area contributed by atoms with Gasteiger partial charge in [-0.1, -0.05) is 50.0 Å². The number of anilines is 1. The molecule has 25 heavy (non-hydrogen) atoms. The zero-order chi connectivity index (χ0) is 18.6. The van der Waals surface area contributed by atoms with E-state index in [1.807, 2.05) is 18.2 Å². The number of hydrogen-bond acceptors (Lipinski definition) is 2. The molecule has 0 unspecified atom stereocenters. The van der Waals surface area contributed by atoms with Gasteiger partial charge in [0.25, 0.3) is 0 Å². The summed E-state index contributed by atoms with van der Waals surface area (Å²) in [4.78, 5) is 12.1. The van der Waals surface area contributed by atoms with Crippen molar-refractivity contribution in [1.82, 2.24) is 5.32 Å². The summed E-state index contributed by atoms with van der Waals surface area (Å²) >= 11 is 11.8. The van der Waals surface area contributed by atoms with E-state index in [0.29, 0.717) is 22.3 Å². The summed E-state index contributed by atoms with van der Waals surface area (Å²) in [5.41, 5.74) is 2.68. The van der Waals surface area contributed by atoms with Crippen LogP contribution in [0.1, 0.15) is 31.9 Å².